The predicted molar refractivity (Wildman–Crippen MR) is 104 cm³/mol. The number of nitrogens with zero attached hydrogens (tertiary/aromatic N) is 5. The minimum atomic E-state index is -0.241. The van der Waals surface area contributed by atoms with Crippen LogP contribution in [0.25, 0.3) is 11.0 Å². The van der Waals surface area contributed by atoms with E-state index in [1.807, 2.05) is 29.3 Å². The number of carbonyl (C=O) groups is 1. The van der Waals surface area contributed by atoms with Crippen molar-refractivity contribution in [2.24, 2.45) is 0 Å². The second-order valence-corrected chi connectivity index (χ2v) is 7.31. The van der Waals surface area contributed by atoms with E-state index < -0.39 is 0 Å². The molecule has 5 heterocycles. The molecule has 8 nitrogen and oxygen atoms in total. The van der Waals surface area contributed by atoms with E-state index in [0.29, 0.717) is 0 Å². The van der Waals surface area contributed by atoms with E-state index in [-0.39, 0.29) is 24.8 Å². The molecule has 2 aliphatic heterocycles. The maximum absolute atomic E-state index is 12.8. The zero-order chi connectivity index (χ0) is 18.9. The van der Waals surface area contributed by atoms with E-state index in [9.17, 15) is 4.79 Å². The highest BCUT2D eigenvalue weighted by molar-refractivity contribution is 5.87. The Bertz CT molecular complexity index is 975. The molecule has 8 heteroatoms. The SMILES string of the molecule is O=C(OCc1cccnc1)N1CCC[C@@H]2[C@H]1CCN2c1ncnc2[nH]ccc12. The second-order valence-electron chi connectivity index (χ2n) is 7.31. The van der Waals surface area contributed by atoms with Gasteiger partial charge in [0.1, 0.15) is 24.4 Å². The van der Waals surface area contributed by atoms with Gasteiger partial charge in [0.05, 0.1) is 17.5 Å². The molecule has 0 aliphatic carbocycles. The molecule has 3 aromatic heterocycles. The number of pyridine rings is 1. The number of ether oxygens (including phenoxy) is 1. The fourth-order valence-corrected chi connectivity index (χ4v) is 4.47. The van der Waals surface area contributed by atoms with Gasteiger partial charge in [-0.1, -0.05) is 6.07 Å². The van der Waals surface area contributed by atoms with Crippen molar-refractivity contribution in [1.29, 1.82) is 0 Å². The molecule has 0 saturated carbocycles. The van der Waals surface area contributed by atoms with E-state index in [4.69, 9.17) is 4.74 Å². The molecule has 144 valence electrons. The predicted octanol–water partition coefficient (Wildman–Crippen LogP) is 2.73. The summed E-state index contributed by atoms with van der Waals surface area (Å²) in [4.78, 5) is 33.1. The second kappa shape index (κ2) is 7.10. The van der Waals surface area contributed by atoms with Crippen LogP contribution in [-0.4, -0.2) is 56.1 Å². The van der Waals surface area contributed by atoms with Crippen molar-refractivity contribution in [3.8, 4) is 0 Å². The van der Waals surface area contributed by atoms with Gasteiger partial charge in [0, 0.05) is 37.2 Å². The topological polar surface area (TPSA) is 87.2 Å². The molecular formula is C20H22N6O2. The molecule has 0 aromatic carbocycles. The number of anilines is 1. The summed E-state index contributed by atoms with van der Waals surface area (Å²) in [5.41, 5.74) is 1.74. The smallest absolute Gasteiger partial charge is 0.410 e. The number of nitrogens with one attached hydrogen (secondary N) is 1. The van der Waals surface area contributed by atoms with Crippen molar-refractivity contribution < 1.29 is 9.53 Å². The third-order valence-corrected chi connectivity index (χ3v) is 5.73. The first-order valence-corrected chi connectivity index (χ1v) is 9.68. The molecule has 1 N–H and O–H groups in total. The van der Waals surface area contributed by atoms with Crippen LogP contribution in [0, 0.1) is 0 Å². The zero-order valence-electron chi connectivity index (χ0n) is 15.5. The Morgan fingerprint density at radius 3 is 3.07 bits per heavy atom. The number of aromatic nitrogens is 4. The number of likely N-dealkylation sites (tertiary alicyclic amines) is 1. The molecule has 2 aliphatic rings. The summed E-state index contributed by atoms with van der Waals surface area (Å²) in [5, 5.41) is 1.03. The van der Waals surface area contributed by atoms with Gasteiger partial charge in [-0.2, -0.15) is 0 Å². The number of amides is 1. The van der Waals surface area contributed by atoms with Crippen molar-refractivity contribution >= 4 is 22.9 Å². The number of aromatic amines is 1. The molecule has 2 saturated heterocycles. The Kier molecular flexibility index (Phi) is 4.31. The van der Waals surface area contributed by atoms with Gasteiger partial charge < -0.3 is 19.5 Å². The first-order valence-electron chi connectivity index (χ1n) is 9.68. The van der Waals surface area contributed by atoms with Crippen LogP contribution >= 0.6 is 0 Å². The summed E-state index contributed by atoms with van der Waals surface area (Å²) in [7, 11) is 0. The Hall–Kier alpha value is -3.16. The van der Waals surface area contributed by atoms with Crippen LogP contribution in [0.3, 0.4) is 0 Å². The number of carbonyl (C=O) groups excluding carboxylic acids is 1. The van der Waals surface area contributed by atoms with Crippen LogP contribution in [0.4, 0.5) is 10.6 Å². The molecular weight excluding hydrogens is 356 g/mol. The van der Waals surface area contributed by atoms with Crippen molar-refractivity contribution in [3.63, 3.8) is 0 Å². The Morgan fingerprint density at radius 2 is 2.18 bits per heavy atom. The number of piperidine rings is 1. The van der Waals surface area contributed by atoms with Crippen molar-refractivity contribution in [1.82, 2.24) is 24.8 Å². The quantitative estimate of drug-likeness (QED) is 0.754. The molecule has 28 heavy (non-hydrogen) atoms. The molecule has 5 rings (SSSR count). The summed E-state index contributed by atoms with van der Waals surface area (Å²) in [6.07, 6.45) is 9.61. The van der Waals surface area contributed by atoms with Crippen molar-refractivity contribution in [3.05, 3.63) is 48.7 Å². The van der Waals surface area contributed by atoms with Crippen LogP contribution in [0.2, 0.25) is 0 Å². The lowest BCUT2D eigenvalue weighted by Crippen LogP contribution is -2.52. The van der Waals surface area contributed by atoms with E-state index in [1.165, 1.54) is 0 Å². The van der Waals surface area contributed by atoms with Gasteiger partial charge in [0.25, 0.3) is 0 Å². The van der Waals surface area contributed by atoms with Gasteiger partial charge >= 0.3 is 6.09 Å². The van der Waals surface area contributed by atoms with Gasteiger partial charge in [0.15, 0.2) is 0 Å². The average Bonchev–Trinajstić information content (AvgIpc) is 3.39. The van der Waals surface area contributed by atoms with Crippen LogP contribution in [0.1, 0.15) is 24.8 Å². The molecule has 1 amide bonds. The minimum absolute atomic E-state index is 0.152. The summed E-state index contributed by atoms with van der Waals surface area (Å²) in [6, 6.07) is 6.18. The highest BCUT2D eigenvalue weighted by Crippen LogP contribution is 2.36. The third-order valence-electron chi connectivity index (χ3n) is 5.73. The average molecular weight is 378 g/mol. The molecule has 2 fully saturated rings. The van der Waals surface area contributed by atoms with Crippen LogP contribution in [0.5, 0.6) is 0 Å². The van der Waals surface area contributed by atoms with Gasteiger partial charge in [-0.05, 0) is 31.4 Å². The highest BCUT2D eigenvalue weighted by atomic mass is 16.6. The Labute approximate surface area is 162 Å². The minimum Gasteiger partial charge on any atom is -0.444 e. The van der Waals surface area contributed by atoms with E-state index in [2.05, 4.69) is 24.8 Å². The fourth-order valence-electron chi connectivity index (χ4n) is 4.47. The summed E-state index contributed by atoms with van der Waals surface area (Å²) < 4.78 is 5.57. The lowest BCUT2D eigenvalue weighted by atomic mass is 9.97. The zero-order valence-corrected chi connectivity index (χ0v) is 15.5. The number of fused-ring (bicyclic) bond motifs is 2. The monoisotopic (exact) mass is 378 g/mol. The van der Waals surface area contributed by atoms with E-state index in [1.54, 1.807) is 18.7 Å². The number of hydrogen-bond acceptors (Lipinski definition) is 6. The molecule has 0 unspecified atom stereocenters. The van der Waals surface area contributed by atoms with Crippen LogP contribution < -0.4 is 4.90 Å². The normalized spacial score (nSPS) is 21.7. The maximum Gasteiger partial charge on any atom is 0.410 e. The maximum atomic E-state index is 12.8. The number of hydrogen-bond donors (Lipinski definition) is 1. The van der Waals surface area contributed by atoms with Gasteiger partial charge in [-0.3, -0.25) is 4.98 Å². The Morgan fingerprint density at radius 1 is 1.21 bits per heavy atom. The fraction of sp³-hybridized carbons (Fsp3) is 0.400. The van der Waals surface area contributed by atoms with Crippen molar-refractivity contribution in [2.75, 3.05) is 18.0 Å². The van der Waals surface area contributed by atoms with Gasteiger partial charge in [-0.15, -0.1) is 0 Å². The first-order chi connectivity index (χ1) is 13.8. The Balaban J connectivity index is 1.32. The number of H-pyrrole nitrogens is 1. The van der Waals surface area contributed by atoms with Gasteiger partial charge in [0.2, 0.25) is 0 Å². The molecule has 0 bridgehead atoms. The standard InChI is InChI=1S/C20H22N6O2/c27-20(28-12-14-3-1-7-21-11-14)26-9-2-4-16-17(26)6-10-25(16)19-15-5-8-22-18(15)23-13-24-19/h1,3,5,7-8,11,13,16-17H,2,4,6,9-10,12H2,(H,22,23,24)/t16-,17-/m1/s1. The lowest BCUT2D eigenvalue weighted by Gasteiger charge is -2.39. The summed E-state index contributed by atoms with van der Waals surface area (Å²) in [5.74, 6) is 0.948. The first kappa shape index (κ1) is 17.0. The lowest BCUT2D eigenvalue weighted by molar-refractivity contribution is 0.0672. The van der Waals surface area contributed by atoms with E-state index in [0.717, 1.165) is 54.8 Å². The highest BCUT2D eigenvalue weighted by Gasteiger charge is 2.43. The van der Waals surface area contributed by atoms with E-state index >= 15 is 0 Å². The third kappa shape index (κ3) is 2.94. The molecule has 0 spiro atoms. The van der Waals surface area contributed by atoms with Gasteiger partial charge in [-0.25, -0.2) is 14.8 Å². The van der Waals surface area contributed by atoms with Crippen molar-refractivity contribution in [2.45, 2.75) is 38.0 Å². The molecule has 0 radical (unpaired) electrons. The molecule has 3 aromatic rings. The van der Waals surface area contributed by atoms with Crippen LogP contribution in [-0.2, 0) is 11.3 Å². The summed E-state index contributed by atoms with van der Waals surface area (Å²) in [6.45, 7) is 1.86. The van der Waals surface area contributed by atoms with Crippen LogP contribution in [0.15, 0.2) is 43.1 Å². The largest absolute Gasteiger partial charge is 0.444 e. The number of rotatable bonds is 3. The molecule has 2 atom stereocenters. The summed E-state index contributed by atoms with van der Waals surface area (Å²) >= 11 is 0.